The highest BCUT2D eigenvalue weighted by Crippen LogP contribution is 2.61. The van der Waals surface area contributed by atoms with Crippen LogP contribution in [0.3, 0.4) is 0 Å². The van der Waals surface area contributed by atoms with Gasteiger partial charge in [-0.25, -0.2) is 5.01 Å². The van der Waals surface area contributed by atoms with Crippen LogP contribution in [0, 0.1) is 28.9 Å². The number of Topliss-reactive ketones (excluding diaryl/α,β-unsaturated/α-hetero) is 1. The molecule has 5 aromatic carbocycles. The number of ketones is 1. The summed E-state index contributed by atoms with van der Waals surface area (Å²) < 4.78 is 30.9. The Hall–Kier alpha value is -6.47. The molecular formula is C40H29N3O9S. The second kappa shape index (κ2) is 12.6. The van der Waals surface area contributed by atoms with Crippen molar-refractivity contribution in [1.82, 2.24) is 10.0 Å². The Bertz CT molecular complexity index is 2350. The first-order valence-electron chi connectivity index (χ1n) is 16.7. The summed E-state index contributed by atoms with van der Waals surface area (Å²) in [5.41, 5.74) is 4.26. The zero-order chi connectivity index (χ0) is 37.2. The van der Waals surface area contributed by atoms with Crippen molar-refractivity contribution in [1.29, 1.82) is 0 Å². The maximum Gasteiger partial charge on any atom is 0.339 e. The van der Waals surface area contributed by atoms with Gasteiger partial charge in [0.2, 0.25) is 0 Å². The molecule has 9 rings (SSSR count). The number of non-ortho nitro benzene ring substituents is 1. The molecule has 3 amide bonds. The molecule has 0 radical (unpaired) electrons. The third-order valence-electron chi connectivity index (χ3n) is 10.2. The number of hydrazine groups is 1. The van der Waals surface area contributed by atoms with Crippen molar-refractivity contribution in [3.8, 4) is 5.75 Å². The lowest BCUT2D eigenvalue weighted by atomic mass is 9.55. The number of hydrogen-bond donors (Lipinski definition) is 0. The Labute approximate surface area is 303 Å². The first-order valence-corrected chi connectivity index (χ1v) is 18.1. The van der Waals surface area contributed by atoms with Crippen LogP contribution in [0.2, 0.25) is 0 Å². The number of carbonyl (C=O) groups is 4. The standard InChI is InChI=1S/C40H29N3O9S/c1-23-10-20-28(21-11-23)53(50,51)52-27-18-14-24(15-19-27)33(44)22-41(38(45)25-12-16-26(17-13-25)43(48)49)42-39(46)36-34-29-6-2-3-7-30(29)35(37(36)40(42)47)32-9-5-4-8-31(32)34/h2-21,34-37H,22H2,1H3/t34?,35?,36-,37-/m0/s1. The fourth-order valence-corrected chi connectivity index (χ4v) is 8.74. The number of amides is 3. The van der Waals surface area contributed by atoms with Crippen LogP contribution < -0.4 is 4.18 Å². The molecule has 53 heavy (non-hydrogen) atoms. The molecule has 4 aliphatic rings. The van der Waals surface area contributed by atoms with Crippen LogP contribution in [0.15, 0.2) is 126 Å². The average molecular weight is 728 g/mol. The minimum Gasteiger partial charge on any atom is -0.379 e. The molecule has 1 heterocycles. The van der Waals surface area contributed by atoms with Crippen LogP contribution in [0.5, 0.6) is 5.75 Å². The monoisotopic (exact) mass is 727 g/mol. The van der Waals surface area contributed by atoms with Gasteiger partial charge in [-0.1, -0.05) is 66.2 Å². The van der Waals surface area contributed by atoms with Crippen LogP contribution in [0.25, 0.3) is 0 Å². The predicted octanol–water partition coefficient (Wildman–Crippen LogP) is 5.80. The molecule has 0 spiro atoms. The van der Waals surface area contributed by atoms with Crippen molar-refractivity contribution in [2.45, 2.75) is 23.7 Å². The molecule has 0 unspecified atom stereocenters. The largest absolute Gasteiger partial charge is 0.379 e. The van der Waals surface area contributed by atoms with Gasteiger partial charge in [0, 0.05) is 35.1 Å². The van der Waals surface area contributed by atoms with E-state index >= 15 is 0 Å². The second-order valence-electron chi connectivity index (χ2n) is 13.2. The smallest absolute Gasteiger partial charge is 0.339 e. The highest BCUT2D eigenvalue weighted by atomic mass is 32.2. The Kier molecular flexibility index (Phi) is 8.02. The molecule has 5 aromatic rings. The highest BCUT2D eigenvalue weighted by molar-refractivity contribution is 7.87. The number of rotatable bonds is 9. The van der Waals surface area contributed by atoms with Gasteiger partial charge >= 0.3 is 10.1 Å². The Morgan fingerprint density at radius 2 is 1.19 bits per heavy atom. The number of benzene rings is 5. The van der Waals surface area contributed by atoms with E-state index in [1.807, 2.05) is 55.5 Å². The molecule has 2 atom stereocenters. The van der Waals surface area contributed by atoms with Crippen LogP contribution in [-0.4, -0.2) is 53.4 Å². The molecule has 0 N–H and O–H groups in total. The Morgan fingerprint density at radius 1 is 0.717 bits per heavy atom. The fraction of sp³-hybridized carbons (Fsp3) is 0.150. The van der Waals surface area contributed by atoms with E-state index in [2.05, 4.69) is 0 Å². The van der Waals surface area contributed by atoms with E-state index in [1.165, 1.54) is 48.5 Å². The van der Waals surface area contributed by atoms with Crippen LogP contribution in [0.1, 0.15) is 60.4 Å². The van der Waals surface area contributed by atoms with Crippen LogP contribution in [0.4, 0.5) is 5.69 Å². The van der Waals surface area contributed by atoms with Gasteiger partial charge in [-0.3, -0.25) is 29.3 Å². The number of nitro groups is 1. The van der Waals surface area contributed by atoms with Gasteiger partial charge in [-0.2, -0.15) is 13.4 Å². The Balaban J connectivity index is 1.13. The van der Waals surface area contributed by atoms with Crippen molar-refractivity contribution < 1.29 is 36.7 Å². The van der Waals surface area contributed by atoms with E-state index < -0.39 is 68.8 Å². The summed E-state index contributed by atoms with van der Waals surface area (Å²) in [5.74, 6) is -5.50. The number of hydrogen-bond acceptors (Lipinski definition) is 9. The maximum atomic E-state index is 14.5. The lowest BCUT2D eigenvalue weighted by Gasteiger charge is -2.45. The van der Waals surface area contributed by atoms with Crippen molar-refractivity contribution >= 4 is 39.3 Å². The first kappa shape index (κ1) is 33.7. The van der Waals surface area contributed by atoms with Crippen LogP contribution >= 0.6 is 0 Å². The van der Waals surface area contributed by atoms with Crippen molar-refractivity contribution in [3.05, 3.63) is 170 Å². The van der Waals surface area contributed by atoms with E-state index in [9.17, 15) is 37.7 Å². The normalized spacial score (nSPS) is 19.6. The first-order chi connectivity index (χ1) is 25.4. The molecule has 1 saturated heterocycles. The summed E-state index contributed by atoms with van der Waals surface area (Å²) in [6.07, 6.45) is 0. The molecule has 0 aromatic heterocycles. The maximum absolute atomic E-state index is 14.5. The van der Waals surface area contributed by atoms with Gasteiger partial charge < -0.3 is 4.18 Å². The summed E-state index contributed by atoms with van der Waals surface area (Å²) in [6, 6.07) is 31.3. The second-order valence-corrected chi connectivity index (χ2v) is 14.8. The lowest BCUT2D eigenvalue weighted by Crippen LogP contribution is -2.52. The van der Waals surface area contributed by atoms with E-state index in [0.29, 0.717) is 0 Å². The summed E-state index contributed by atoms with van der Waals surface area (Å²) in [6.45, 7) is 1.07. The van der Waals surface area contributed by atoms with Gasteiger partial charge in [-0.15, -0.1) is 0 Å². The number of carbonyl (C=O) groups excluding carboxylic acids is 4. The van der Waals surface area contributed by atoms with E-state index in [4.69, 9.17) is 4.18 Å². The van der Waals surface area contributed by atoms with Gasteiger partial charge in [0.05, 0.1) is 16.8 Å². The van der Waals surface area contributed by atoms with Crippen LogP contribution in [-0.2, 0) is 19.7 Å². The van der Waals surface area contributed by atoms with Gasteiger partial charge in [0.15, 0.2) is 5.78 Å². The molecule has 2 bridgehead atoms. The van der Waals surface area contributed by atoms with Crippen molar-refractivity contribution in [2.24, 2.45) is 11.8 Å². The number of nitro benzene ring substituents is 1. The minimum atomic E-state index is -4.17. The molecule has 0 saturated carbocycles. The molecular weight excluding hydrogens is 699 g/mol. The third-order valence-corrected chi connectivity index (χ3v) is 11.5. The predicted molar refractivity (Wildman–Crippen MR) is 189 cm³/mol. The summed E-state index contributed by atoms with van der Waals surface area (Å²) in [5, 5.41) is 12.9. The Morgan fingerprint density at radius 3 is 1.66 bits per heavy atom. The molecule has 13 heteroatoms. The molecule has 1 aliphatic heterocycles. The average Bonchev–Trinajstić information content (AvgIpc) is 3.43. The lowest BCUT2D eigenvalue weighted by molar-refractivity contribution is -0.384. The van der Waals surface area contributed by atoms with E-state index in [0.717, 1.165) is 50.0 Å². The molecule has 1 fully saturated rings. The highest BCUT2D eigenvalue weighted by Gasteiger charge is 2.63. The quantitative estimate of drug-likeness (QED) is 0.0601. The van der Waals surface area contributed by atoms with Crippen molar-refractivity contribution in [3.63, 3.8) is 0 Å². The zero-order valence-corrected chi connectivity index (χ0v) is 28.8. The number of aryl methyl sites for hydroxylation is 1. The molecule has 12 nitrogen and oxygen atoms in total. The molecule has 3 aliphatic carbocycles. The topological polar surface area (TPSA) is 161 Å². The minimum absolute atomic E-state index is 0.0444. The van der Waals surface area contributed by atoms with E-state index in [1.54, 1.807) is 12.1 Å². The number of nitrogens with zero attached hydrogens (tertiary/aromatic N) is 3. The fourth-order valence-electron chi connectivity index (χ4n) is 7.81. The number of imide groups is 1. The zero-order valence-electron chi connectivity index (χ0n) is 28.0. The summed E-state index contributed by atoms with van der Waals surface area (Å²) in [7, 11) is -4.17. The molecule has 264 valence electrons. The van der Waals surface area contributed by atoms with Gasteiger partial charge in [-0.05, 0) is 77.7 Å². The van der Waals surface area contributed by atoms with E-state index in [-0.39, 0.29) is 27.5 Å². The van der Waals surface area contributed by atoms with Gasteiger partial charge in [0.1, 0.15) is 17.2 Å². The van der Waals surface area contributed by atoms with Gasteiger partial charge in [0.25, 0.3) is 23.4 Å². The summed E-state index contributed by atoms with van der Waals surface area (Å²) >= 11 is 0. The SMILES string of the molecule is Cc1ccc(S(=O)(=O)Oc2ccc(C(=O)CN(C(=O)c3ccc([N+](=O)[O-])cc3)N3C(=O)[C@H]4C5c6ccccc6C(c6ccccc65)[C@@H]4C3=O)cc2)cc1. The third kappa shape index (κ3) is 5.56. The summed E-state index contributed by atoms with van der Waals surface area (Å²) in [4.78, 5) is 67.8. The van der Waals surface area contributed by atoms with Crippen molar-refractivity contribution in [2.75, 3.05) is 6.54 Å².